The number of piperazine rings is 1. The van der Waals surface area contributed by atoms with Crippen molar-refractivity contribution in [3.63, 3.8) is 0 Å². The number of rotatable bonds is 6. The lowest BCUT2D eigenvalue weighted by Gasteiger charge is -2.35. The van der Waals surface area contributed by atoms with Crippen LogP contribution in [0.25, 0.3) is 22.0 Å². The van der Waals surface area contributed by atoms with Crippen molar-refractivity contribution in [2.45, 2.75) is 37.1 Å². The van der Waals surface area contributed by atoms with Crippen LogP contribution in [-0.4, -0.2) is 65.0 Å². The highest BCUT2D eigenvalue weighted by molar-refractivity contribution is 7.99. The number of hydrogen-bond donors (Lipinski definition) is 0. The average molecular weight is 629 g/mol. The highest BCUT2D eigenvalue weighted by Gasteiger charge is 2.39. The zero-order chi connectivity index (χ0) is 30.3. The van der Waals surface area contributed by atoms with Crippen LogP contribution in [0.5, 0.6) is 0 Å². The number of alkyl halides is 3. The summed E-state index contributed by atoms with van der Waals surface area (Å²) >= 11 is 6.92. The van der Waals surface area contributed by atoms with Crippen LogP contribution in [-0.2, 0) is 22.3 Å². The van der Waals surface area contributed by atoms with Crippen molar-refractivity contribution in [3.05, 3.63) is 63.6 Å². The number of amides is 1. The molecule has 3 heterocycles. The topological polar surface area (TPSA) is 67.7 Å². The third-order valence-corrected chi connectivity index (χ3v) is 8.72. The number of carbonyl (C=O) groups is 1. The van der Waals surface area contributed by atoms with Gasteiger partial charge in [0.25, 0.3) is 0 Å². The van der Waals surface area contributed by atoms with E-state index in [1.54, 1.807) is 9.80 Å². The van der Waals surface area contributed by atoms with Crippen molar-refractivity contribution in [1.82, 2.24) is 14.5 Å². The SMILES string of the molecule is C=CC(=O)N1CCN(c2nc(=O)n3c4c(c(-c5cc(Cl)c(F)cc5F)c(C(F)(F)F)cc24)SCC(OCCC)C3)CC1. The second-order valence-corrected chi connectivity index (χ2v) is 11.4. The molecule has 1 saturated heterocycles. The summed E-state index contributed by atoms with van der Waals surface area (Å²) in [6, 6.07) is 2.13. The summed E-state index contributed by atoms with van der Waals surface area (Å²) in [5, 5.41) is -0.504. The van der Waals surface area contributed by atoms with Crippen LogP contribution in [0.1, 0.15) is 18.9 Å². The maximum Gasteiger partial charge on any atom is 0.417 e. The van der Waals surface area contributed by atoms with Gasteiger partial charge in [-0.3, -0.25) is 9.36 Å². The Morgan fingerprint density at radius 3 is 2.55 bits per heavy atom. The Morgan fingerprint density at radius 2 is 1.90 bits per heavy atom. The summed E-state index contributed by atoms with van der Waals surface area (Å²) < 4.78 is 80.7. The fraction of sp³-hybridized carbons (Fsp3) is 0.393. The predicted octanol–water partition coefficient (Wildman–Crippen LogP) is 5.75. The molecule has 3 aromatic rings. The van der Waals surface area contributed by atoms with Crippen LogP contribution < -0.4 is 10.6 Å². The van der Waals surface area contributed by atoms with E-state index in [1.165, 1.54) is 10.6 Å². The van der Waals surface area contributed by atoms with Gasteiger partial charge in [0.2, 0.25) is 5.91 Å². The van der Waals surface area contributed by atoms with Gasteiger partial charge in [-0.1, -0.05) is 25.1 Å². The second kappa shape index (κ2) is 11.8. The van der Waals surface area contributed by atoms with Crippen LogP contribution >= 0.6 is 23.4 Å². The molecule has 2 aliphatic rings. The number of aromatic nitrogens is 2. The molecule has 224 valence electrons. The predicted molar refractivity (Wildman–Crippen MR) is 151 cm³/mol. The largest absolute Gasteiger partial charge is 0.417 e. The number of thioether (sulfide) groups is 1. The van der Waals surface area contributed by atoms with Crippen LogP contribution in [0.15, 0.2) is 40.5 Å². The van der Waals surface area contributed by atoms with E-state index in [9.17, 15) is 27.2 Å². The normalized spacial score (nSPS) is 17.5. The van der Waals surface area contributed by atoms with Gasteiger partial charge in [-0.05, 0) is 24.6 Å². The van der Waals surface area contributed by atoms with Gasteiger partial charge in [-0.15, -0.1) is 11.8 Å². The fourth-order valence-electron chi connectivity index (χ4n) is 5.23. The standard InChI is InChI=1S/C28H26ClF5N4O3S/c1-3-9-41-15-13-38-24-17(26(35-27(38)40)37-7-5-36(6-8-37)22(39)4-2)10-18(28(32,33)34)23(25(24)42-14-15)16-11-19(29)21(31)12-20(16)30/h4,10-12,15H,2-3,5-9,13-14H2,1H3. The lowest BCUT2D eigenvalue weighted by atomic mass is 9.95. The number of nitrogens with zero attached hydrogens (tertiary/aromatic N) is 4. The molecule has 7 nitrogen and oxygen atoms in total. The first-order valence-electron chi connectivity index (χ1n) is 13.2. The first-order valence-corrected chi connectivity index (χ1v) is 14.5. The molecular formula is C28H26ClF5N4O3S. The maximum atomic E-state index is 15.2. The number of carbonyl (C=O) groups excluding carboxylic acids is 1. The molecule has 1 fully saturated rings. The second-order valence-electron chi connectivity index (χ2n) is 9.92. The van der Waals surface area contributed by atoms with E-state index in [4.69, 9.17) is 16.3 Å². The number of anilines is 1. The van der Waals surface area contributed by atoms with Gasteiger partial charge in [-0.2, -0.15) is 18.2 Å². The van der Waals surface area contributed by atoms with Gasteiger partial charge in [0.15, 0.2) is 0 Å². The molecule has 2 aromatic carbocycles. The molecule has 0 N–H and O–H groups in total. The molecule has 0 spiro atoms. The Labute approximate surface area is 246 Å². The molecule has 0 aliphatic carbocycles. The molecule has 1 aromatic heterocycles. The Hall–Kier alpha value is -3.16. The number of ether oxygens (including phenoxy) is 1. The lowest BCUT2D eigenvalue weighted by Crippen LogP contribution is -2.49. The minimum Gasteiger partial charge on any atom is -0.375 e. The Morgan fingerprint density at radius 1 is 1.19 bits per heavy atom. The molecule has 0 bridgehead atoms. The molecule has 0 radical (unpaired) electrons. The Balaban J connectivity index is 1.80. The highest BCUT2D eigenvalue weighted by Crippen LogP contribution is 2.49. The maximum absolute atomic E-state index is 15.2. The van der Waals surface area contributed by atoms with Gasteiger partial charge in [0.05, 0.1) is 28.8 Å². The van der Waals surface area contributed by atoms with Crippen LogP contribution in [0.2, 0.25) is 5.02 Å². The summed E-state index contributed by atoms with van der Waals surface area (Å²) in [6.07, 6.45) is -3.66. The summed E-state index contributed by atoms with van der Waals surface area (Å²) in [7, 11) is 0. The molecule has 2 aliphatic heterocycles. The Kier molecular flexibility index (Phi) is 8.55. The van der Waals surface area contributed by atoms with E-state index in [1.807, 2.05) is 6.92 Å². The van der Waals surface area contributed by atoms with E-state index >= 15 is 4.39 Å². The average Bonchev–Trinajstić information content (AvgIpc) is 3.15. The summed E-state index contributed by atoms with van der Waals surface area (Å²) in [4.78, 5) is 33.0. The molecule has 1 amide bonds. The van der Waals surface area contributed by atoms with Crippen molar-refractivity contribution < 1.29 is 31.5 Å². The van der Waals surface area contributed by atoms with E-state index in [-0.39, 0.29) is 66.0 Å². The molecule has 0 saturated carbocycles. The smallest absolute Gasteiger partial charge is 0.375 e. The number of benzene rings is 2. The number of hydrogen-bond acceptors (Lipinski definition) is 6. The first-order chi connectivity index (χ1) is 19.9. The fourth-order valence-corrected chi connectivity index (χ4v) is 6.67. The summed E-state index contributed by atoms with van der Waals surface area (Å²) in [6.45, 7) is 6.67. The van der Waals surface area contributed by atoms with Crippen LogP contribution in [0.3, 0.4) is 0 Å². The molecule has 14 heteroatoms. The van der Waals surface area contributed by atoms with Gasteiger partial charge in [0, 0.05) is 66.0 Å². The summed E-state index contributed by atoms with van der Waals surface area (Å²) in [5.41, 5.74) is -2.83. The van der Waals surface area contributed by atoms with E-state index < -0.39 is 51.3 Å². The molecule has 42 heavy (non-hydrogen) atoms. The minimum atomic E-state index is -4.97. The minimum absolute atomic E-state index is 0.00906. The first kappa shape index (κ1) is 30.3. The van der Waals surface area contributed by atoms with Crippen LogP contribution in [0.4, 0.5) is 27.8 Å². The highest BCUT2D eigenvalue weighted by atomic mass is 35.5. The molecule has 1 atom stereocenters. The van der Waals surface area contributed by atoms with E-state index in [0.717, 1.165) is 23.9 Å². The zero-order valence-electron chi connectivity index (χ0n) is 22.4. The van der Waals surface area contributed by atoms with Crippen molar-refractivity contribution in [2.75, 3.05) is 43.4 Å². The molecule has 1 unspecified atom stereocenters. The van der Waals surface area contributed by atoms with Crippen molar-refractivity contribution in [3.8, 4) is 11.1 Å². The molecule has 5 rings (SSSR count). The van der Waals surface area contributed by atoms with Crippen molar-refractivity contribution >= 4 is 46.0 Å². The third kappa shape index (κ3) is 5.61. The number of halogens is 6. The van der Waals surface area contributed by atoms with E-state index in [2.05, 4.69) is 11.6 Å². The van der Waals surface area contributed by atoms with Gasteiger partial charge >= 0.3 is 11.9 Å². The zero-order valence-corrected chi connectivity index (χ0v) is 24.0. The lowest BCUT2D eigenvalue weighted by molar-refractivity contribution is -0.137. The van der Waals surface area contributed by atoms with Gasteiger partial charge in [-0.25, -0.2) is 13.6 Å². The monoisotopic (exact) mass is 628 g/mol. The van der Waals surface area contributed by atoms with Gasteiger partial charge in [0.1, 0.15) is 17.5 Å². The van der Waals surface area contributed by atoms with Crippen molar-refractivity contribution in [2.24, 2.45) is 0 Å². The molecular weight excluding hydrogens is 603 g/mol. The Bertz CT molecular complexity index is 1620. The summed E-state index contributed by atoms with van der Waals surface area (Å²) in [5.74, 6) is -2.43. The van der Waals surface area contributed by atoms with Crippen LogP contribution in [0, 0.1) is 11.6 Å². The quantitative estimate of drug-likeness (QED) is 0.197. The third-order valence-electron chi connectivity index (χ3n) is 7.21. The van der Waals surface area contributed by atoms with Crippen molar-refractivity contribution in [1.29, 1.82) is 0 Å². The van der Waals surface area contributed by atoms with E-state index in [0.29, 0.717) is 19.1 Å². The van der Waals surface area contributed by atoms with Gasteiger partial charge < -0.3 is 14.5 Å².